The molecule has 1 aliphatic rings. The Kier molecular flexibility index (Phi) is 3.27. The normalized spacial score (nSPS) is 18.4. The molecule has 0 N–H and O–H groups in total. The molecule has 5 nitrogen and oxygen atoms in total. The minimum atomic E-state index is -0.937. The minimum absolute atomic E-state index is 0.0778. The molecule has 0 aliphatic carbocycles. The van der Waals surface area contributed by atoms with E-state index in [0.717, 1.165) is 11.1 Å². The zero-order chi connectivity index (χ0) is 12.3. The van der Waals surface area contributed by atoms with Gasteiger partial charge in [-0.05, 0) is 12.5 Å². The van der Waals surface area contributed by atoms with E-state index in [-0.39, 0.29) is 13.2 Å². The van der Waals surface area contributed by atoms with Crippen LogP contribution in [0, 0.1) is 6.92 Å². The van der Waals surface area contributed by atoms with Gasteiger partial charge in [0.2, 0.25) is 6.10 Å². The van der Waals surface area contributed by atoms with E-state index in [1.165, 1.54) is 0 Å². The van der Waals surface area contributed by atoms with Crippen LogP contribution in [0.2, 0.25) is 0 Å². The smallest absolute Gasteiger partial charge is 0.458 e. The van der Waals surface area contributed by atoms with Crippen LogP contribution in [0.15, 0.2) is 24.3 Å². The lowest BCUT2D eigenvalue weighted by molar-refractivity contribution is -0.153. The Labute approximate surface area is 98.3 Å². The molecule has 17 heavy (non-hydrogen) atoms. The predicted molar refractivity (Wildman–Crippen MR) is 57.2 cm³/mol. The van der Waals surface area contributed by atoms with Gasteiger partial charge in [0.05, 0.1) is 0 Å². The van der Waals surface area contributed by atoms with Gasteiger partial charge >= 0.3 is 12.1 Å². The Hall–Kier alpha value is -2.04. The Balaban J connectivity index is 1.84. The highest BCUT2D eigenvalue weighted by molar-refractivity contribution is 5.79. The van der Waals surface area contributed by atoms with E-state index >= 15 is 0 Å². The van der Waals surface area contributed by atoms with E-state index in [9.17, 15) is 9.59 Å². The third-order valence-corrected chi connectivity index (χ3v) is 2.36. The van der Waals surface area contributed by atoms with Crippen molar-refractivity contribution in [2.75, 3.05) is 6.61 Å². The molecule has 0 amide bonds. The molecule has 0 aromatic heterocycles. The largest absolute Gasteiger partial charge is 0.509 e. The summed E-state index contributed by atoms with van der Waals surface area (Å²) in [5, 5.41) is 0. The standard InChI is InChI=1S/C12H12O5/c1-8-2-4-9(5-3-8)6-15-11(13)10-7-16-12(14)17-10/h2-5,10H,6-7H2,1H3. The maximum absolute atomic E-state index is 11.5. The minimum Gasteiger partial charge on any atom is -0.458 e. The van der Waals surface area contributed by atoms with Crippen LogP contribution >= 0.6 is 0 Å². The van der Waals surface area contributed by atoms with E-state index < -0.39 is 18.2 Å². The number of aryl methyl sites for hydroxylation is 1. The maximum Gasteiger partial charge on any atom is 0.509 e. The molecule has 90 valence electrons. The highest BCUT2D eigenvalue weighted by atomic mass is 16.8. The van der Waals surface area contributed by atoms with Gasteiger partial charge < -0.3 is 14.2 Å². The van der Waals surface area contributed by atoms with Gasteiger partial charge in [0.1, 0.15) is 13.2 Å². The number of ether oxygens (including phenoxy) is 3. The summed E-state index contributed by atoms with van der Waals surface area (Å²) < 4.78 is 14.1. The average Bonchev–Trinajstić information content (AvgIpc) is 2.75. The first-order valence-electron chi connectivity index (χ1n) is 5.21. The number of rotatable bonds is 3. The van der Waals surface area contributed by atoms with Gasteiger partial charge in [0.25, 0.3) is 0 Å². The number of carbonyl (C=O) groups is 2. The molecule has 1 aromatic rings. The van der Waals surface area contributed by atoms with Gasteiger partial charge in [-0.3, -0.25) is 0 Å². The van der Waals surface area contributed by atoms with Gasteiger partial charge in [-0.1, -0.05) is 29.8 Å². The highest BCUT2D eigenvalue weighted by Crippen LogP contribution is 2.10. The molecule has 1 atom stereocenters. The van der Waals surface area contributed by atoms with E-state index in [0.29, 0.717) is 0 Å². The zero-order valence-corrected chi connectivity index (χ0v) is 9.34. The number of cyclic esters (lactones) is 2. The van der Waals surface area contributed by atoms with Crippen molar-refractivity contribution < 1.29 is 23.8 Å². The van der Waals surface area contributed by atoms with Crippen molar-refractivity contribution in [1.82, 2.24) is 0 Å². The molecule has 1 aromatic carbocycles. The van der Waals surface area contributed by atoms with Crippen LogP contribution in [0.25, 0.3) is 0 Å². The van der Waals surface area contributed by atoms with Crippen LogP contribution in [0.4, 0.5) is 4.79 Å². The molecule has 0 spiro atoms. The Bertz CT molecular complexity index is 423. The quantitative estimate of drug-likeness (QED) is 0.745. The van der Waals surface area contributed by atoms with E-state index in [4.69, 9.17) is 4.74 Å². The van der Waals surface area contributed by atoms with Crippen molar-refractivity contribution in [3.05, 3.63) is 35.4 Å². The maximum atomic E-state index is 11.5. The molecule has 5 heteroatoms. The molecule has 0 saturated carbocycles. The fourth-order valence-electron chi connectivity index (χ4n) is 1.38. The van der Waals surface area contributed by atoms with Gasteiger partial charge in [0, 0.05) is 0 Å². The summed E-state index contributed by atoms with van der Waals surface area (Å²) >= 11 is 0. The molecule has 1 fully saturated rings. The Morgan fingerprint density at radius 2 is 2.12 bits per heavy atom. The van der Waals surface area contributed by atoms with Crippen LogP contribution in [0.5, 0.6) is 0 Å². The molecule has 2 rings (SSSR count). The Morgan fingerprint density at radius 3 is 2.71 bits per heavy atom. The first-order valence-corrected chi connectivity index (χ1v) is 5.21. The average molecular weight is 236 g/mol. The van der Waals surface area contributed by atoms with Crippen LogP contribution < -0.4 is 0 Å². The third-order valence-electron chi connectivity index (χ3n) is 2.36. The molecule has 1 aliphatic heterocycles. The summed E-state index contributed by atoms with van der Waals surface area (Å²) in [5.74, 6) is -0.587. The van der Waals surface area contributed by atoms with E-state index in [1.54, 1.807) is 0 Å². The summed E-state index contributed by atoms with van der Waals surface area (Å²) in [6.45, 7) is 2.06. The number of benzene rings is 1. The summed E-state index contributed by atoms with van der Waals surface area (Å²) in [5.41, 5.74) is 2.02. The van der Waals surface area contributed by atoms with E-state index in [1.807, 2.05) is 31.2 Å². The fourth-order valence-corrected chi connectivity index (χ4v) is 1.38. The van der Waals surface area contributed by atoms with Gasteiger partial charge in [-0.25, -0.2) is 9.59 Å². The summed E-state index contributed by atoms with van der Waals surface area (Å²) in [4.78, 5) is 22.1. The van der Waals surface area contributed by atoms with Crippen molar-refractivity contribution >= 4 is 12.1 Å². The van der Waals surface area contributed by atoms with Crippen molar-refractivity contribution in [3.63, 3.8) is 0 Å². The zero-order valence-electron chi connectivity index (χ0n) is 9.34. The molecule has 1 heterocycles. The second-order valence-corrected chi connectivity index (χ2v) is 3.76. The molecular formula is C12H12O5. The van der Waals surface area contributed by atoms with Crippen LogP contribution in [0.3, 0.4) is 0 Å². The second kappa shape index (κ2) is 4.86. The Morgan fingerprint density at radius 1 is 1.41 bits per heavy atom. The first kappa shape index (κ1) is 11.4. The first-order chi connectivity index (χ1) is 8.15. The summed E-state index contributed by atoms with van der Waals surface area (Å²) in [6.07, 6.45) is -1.77. The lowest BCUT2D eigenvalue weighted by Gasteiger charge is -2.07. The monoisotopic (exact) mass is 236 g/mol. The van der Waals surface area contributed by atoms with Gasteiger partial charge in [-0.2, -0.15) is 0 Å². The lowest BCUT2D eigenvalue weighted by Crippen LogP contribution is -2.25. The number of hydrogen-bond donors (Lipinski definition) is 0. The van der Waals surface area contributed by atoms with Crippen molar-refractivity contribution in [2.24, 2.45) is 0 Å². The lowest BCUT2D eigenvalue weighted by atomic mass is 10.2. The SMILES string of the molecule is Cc1ccc(COC(=O)C2COC(=O)O2)cc1. The molecule has 0 radical (unpaired) electrons. The molecular weight excluding hydrogens is 224 g/mol. The third kappa shape index (κ3) is 2.96. The molecule has 0 bridgehead atoms. The molecule has 1 unspecified atom stereocenters. The second-order valence-electron chi connectivity index (χ2n) is 3.76. The predicted octanol–water partition coefficient (Wildman–Crippen LogP) is 1.57. The van der Waals surface area contributed by atoms with Crippen LogP contribution in [0.1, 0.15) is 11.1 Å². The molecule has 1 saturated heterocycles. The van der Waals surface area contributed by atoms with Crippen molar-refractivity contribution in [2.45, 2.75) is 19.6 Å². The van der Waals surface area contributed by atoms with Crippen molar-refractivity contribution in [1.29, 1.82) is 0 Å². The van der Waals surface area contributed by atoms with Crippen LogP contribution in [-0.4, -0.2) is 24.8 Å². The van der Waals surface area contributed by atoms with Gasteiger partial charge in [0.15, 0.2) is 0 Å². The van der Waals surface area contributed by atoms with Crippen molar-refractivity contribution in [3.8, 4) is 0 Å². The summed E-state index contributed by atoms with van der Waals surface area (Å²) in [7, 11) is 0. The highest BCUT2D eigenvalue weighted by Gasteiger charge is 2.32. The van der Waals surface area contributed by atoms with Crippen LogP contribution in [-0.2, 0) is 25.6 Å². The topological polar surface area (TPSA) is 61.8 Å². The fraction of sp³-hybridized carbons (Fsp3) is 0.333. The van der Waals surface area contributed by atoms with Gasteiger partial charge in [-0.15, -0.1) is 0 Å². The summed E-state index contributed by atoms with van der Waals surface area (Å²) in [6, 6.07) is 7.61. The number of carbonyl (C=O) groups excluding carboxylic acids is 2. The number of esters is 1. The number of hydrogen-bond acceptors (Lipinski definition) is 5. The van der Waals surface area contributed by atoms with E-state index in [2.05, 4.69) is 9.47 Å².